The summed E-state index contributed by atoms with van der Waals surface area (Å²) >= 11 is 0. The maximum absolute atomic E-state index is 0. The van der Waals surface area contributed by atoms with Gasteiger partial charge in [-0.05, 0) is 0 Å². The van der Waals surface area contributed by atoms with Crippen molar-refractivity contribution in [2.24, 2.45) is 0 Å². The van der Waals surface area contributed by atoms with Gasteiger partial charge in [-0.15, -0.1) is 0 Å². The third-order valence-corrected chi connectivity index (χ3v) is 0. The summed E-state index contributed by atoms with van der Waals surface area (Å²) in [5.41, 5.74) is 0. The fraction of sp³-hybridized carbons (Fsp3) is 0. The first-order valence-corrected chi connectivity index (χ1v) is 0. The van der Waals surface area contributed by atoms with Gasteiger partial charge in [0.1, 0.15) is 0 Å². The second kappa shape index (κ2) is 320. The first-order chi connectivity index (χ1) is 0. The third kappa shape index (κ3) is 208. The molecule has 0 aliphatic carbocycles. The summed E-state index contributed by atoms with van der Waals surface area (Å²) in [7, 11) is 0. The standard InChI is InChI=1S/Ag.6FH.Sb/h;6*1H;. The van der Waals surface area contributed by atoms with Crippen LogP contribution >= 0.6 is 0 Å². The Morgan fingerprint density at radius 1 is 0.375 bits per heavy atom. The smallest absolute Gasteiger partial charge is 0 e. The SMILES string of the molecule is F.F.F.F.F.F.[Ag].[Sb]. The number of hydrogen-bond donors (Lipinski definition) is 0. The molecule has 0 aliphatic rings. The number of hydrogen-bond acceptors (Lipinski definition) is 0. The van der Waals surface area contributed by atoms with Gasteiger partial charge >= 0.3 is 0 Å². The summed E-state index contributed by atoms with van der Waals surface area (Å²) in [6.07, 6.45) is 0. The zero-order valence-corrected chi connectivity index (χ0v) is 7.23. The first-order valence-electron chi connectivity index (χ1n) is 0. The topological polar surface area (TPSA) is 0 Å². The van der Waals surface area contributed by atoms with Crippen LogP contribution in [0.5, 0.6) is 0 Å². The Morgan fingerprint density at radius 2 is 0.375 bits per heavy atom. The van der Waals surface area contributed by atoms with Crippen LogP contribution in [0.4, 0.5) is 28.2 Å². The summed E-state index contributed by atoms with van der Waals surface area (Å²) in [5.74, 6) is 0. The molecule has 0 nitrogen and oxygen atoms in total. The summed E-state index contributed by atoms with van der Waals surface area (Å²) in [4.78, 5) is 0. The third-order valence-electron chi connectivity index (χ3n) is 0. The molecule has 0 amide bonds. The minimum atomic E-state index is 0. The van der Waals surface area contributed by atoms with Crippen LogP contribution in [0.2, 0.25) is 0 Å². The molecule has 4 radical (unpaired) electrons. The van der Waals surface area contributed by atoms with Gasteiger partial charge in [-0.2, -0.15) is 0 Å². The first kappa shape index (κ1) is 467. The van der Waals surface area contributed by atoms with Gasteiger partial charge in [-0.1, -0.05) is 0 Å². The van der Waals surface area contributed by atoms with E-state index < -0.39 is 0 Å². The van der Waals surface area contributed by atoms with E-state index in [4.69, 9.17) is 0 Å². The molecule has 0 aromatic rings. The monoisotopic (exact) mass is 348 g/mol. The zero-order chi connectivity index (χ0) is 0. The van der Waals surface area contributed by atoms with E-state index in [1.165, 1.54) is 0 Å². The van der Waals surface area contributed by atoms with Crippen LogP contribution < -0.4 is 0 Å². The average Bonchev–Trinajstić information content (AvgIpc) is 0. The molecule has 0 fully saturated rings. The van der Waals surface area contributed by atoms with Crippen LogP contribution in [0.3, 0.4) is 0 Å². The second-order valence-corrected chi connectivity index (χ2v) is 0. The molecule has 0 N–H and O–H groups in total. The molecule has 64 valence electrons. The van der Waals surface area contributed by atoms with Crippen molar-refractivity contribution < 1.29 is 50.6 Å². The van der Waals surface area contributed by atoms with Crippen molar-refractivity contribution in [2.45, 2.75) is 0 Å². The molecule has 0 atom stereocenters. The van der Waals surface area contributed by atoms with E-state index in [1.807, 2.05) is 0 Å². The molecular formula is H6AgF6Sb. The molecule has 0 unspecified atom stereocenters. The zero-order valence-electron chi connectivity index (χ0n) is 3.20. The van der Waals surface area contributed by atoms with E-state index in [0.717, 1.165) is 0 Å². The van der Waals surface area contributed by atoms with E-state index >= 15 is 0 Å². The Bertz CT molecular complexity index is 8.49. The summed E-state index contributed by atoms with van der Waals surface area (Å²) < 4.78 is 0. The van der Waals surface area contributed by atoms with E-state index in [0.29, 0.717) is 0 Å². The largest absolute Gasteiger partial charge is 0.269 e. The minimum absolute atomic E-state index is 0. The van der Waals surface area contributed by atoms with Gasteiger partial charge in [0.2, 0.25) is 0 Å². The molecule has 0 aliphatic heterocycles. The van der Waals surface area contributed by atoms with Crippen molar-refractivity contribution in [2.75, 3.05) is 0 Å². The van der Waals surface area contributed by atoms with Crippen molar-refractivity contribution >= 4 is 24.4 Å². The molecule has 0 spiro atoms. The maximum Gasteiger partial charge on any atom is 0 e. The van der Waals surface area contributed by atoms with Crippen LogP contribution in [0.15, 0.2) is 0 Å². The quantitative estimate of drug-likeness (QED) is 0.442. The predicted molar refractivity (Wildman–Crippen MR) is 20.8 cm³/mol. The van der Waals surface area contributed by atoms with Gasteiger partial charge in [0, 0.05) is 46.8 Å². The molecule has 0 bridgehead atoms. The maximum atomic E-state index is 0. The molecule has 8 heavy (non-hydrogen) atoms. The fourth-order valence-corrected chi connectivity index (χ4v) is 0. The van der Waals surface area contributed by atoms with Gasteiger partial charge in [0.25, 0.3) is 0 Å². The van der Waals surface area contributed by atoms with Gasteiger partial charge in [0.05, 0.1) is 0 Å². The summed E-state index contributed by atoms with van der Waals surface area (Å²) in [6.45, 7) is 0. The minimum Gasteiger partial charge on any atom is -0.269 e. The molecule has 0 heterocycles. The normalized spacial score (nSPS) is 0. The molecule has 8 heteroatoms. The predicted octanol–water partition coefficient (Wildman–Crippen LogP) is 0.532. The van der Waals surface area contributed by atoms with Crippen molar-refractivity contribution in [1.82, 2.24) is 0 Å². The molecule has 0 aromatic heterocycles. The van der Waals surface area contributed by atoms with Gasteiger partial charge in [0.15, 0.2) is 0 Å². The number of rotatable bonds is 0. The van der Waals surface area contributed by atoms with Gasteiger partial charge in [-0.25, -0.2) is 0 Å². The van der Waals surface area contributed by atoms with Crippen molar-refractivity contribution in [3.8, 4) is 0 Å². The van der Waals surface area contributed by atoms with Crippen molar-refractivity contribution in [3.63, 3.8) is 0 Å². The van der Waals surface area contributed by atoms with Gasteiger partial charge in [-0.3, -0.25) is 28.2 Å². The summed E-state index contributed by atoms with van der Waals surface area (Å²) in [5, 5.41) is 0. The Morgan fingerprint density at radius 3 is 0.375 bits per heavy atom. The number of halogens is 6. The molecule has 0 aromatic carbocycles. The fourth-order valence-electron chi connectivity index (χ4n) is 0. The second-order valence-electron chi connectivity index (χ2n) is 0. The van der Waals surface area contributed by atoms with E-state index in [9.17, 15) is 0 Å². The van der Waals surface area contributed by atoms with Crippen LogP contribution in [0.25, 0.3) is 0 Å². The molecule has 0 rings (SSSR count). The van der Waals surface area contributed by atoms with E-state index in [-0.39, 0.29) is 75.0 Å². The molecule has 0 saturated heterocycles. The Balaban J connectivity index is 0. The van der Waals surface area contributed by atoms with Crippen LogP contribution in [0, 0.1) is 0 Å². The van der Waals surface area contributed by atoms with E-state index in [1.54, 1.807) is 0 Å². The van der Waals surface area contributed by atoms with Crippen molar-refractivity contribution in [1.29, 1.82) is 0 Å². The van der Waals surface area contributed by atoms with Crippen LogP contribution in [-0.4, -0.2) is 24.4 Å². The Kier molecular flexibility index (Phi) is 18700. The van der Waals surface area contributed by atoms with Crippen LogP contribution in [-0.2, 0) is 22.4 Å². The Hall–Kier alpha value is 1.14. The molecular weight excluding hydrogens is 344 g/mol. The summed E-state index contributed by atoms with van der Waals surface area (Å²) in [6, 6.07) is 0. The average molecular weight is 350 g/mol. The van der Waals surface area contributed by atoms with E-state index in [2.05, 4.69) is 0 Å². The van der Waals surface area contributed by atoms with Crippen LogP contribution in [0.1, 0.15) is 0 Å². The Labute approximate surface area is 74.9 Å². The molecule has 0 saturated carbocycles. The van der Waals surface area contributed by atoms with Gasteiger partial charge < -0.3 is 0 Å². The van der Waals surface area contributed by atoms with Crippen molar-refractivity contribution in [3.05, 3.63) is 0 Å².